The highest BCUT2D eigenvalue weighted by molar-refractivity contribution is 5.89. The first-order valence-electron chi connectivity index (χ1n) is 7.75. The summed E-state index contributed by atoms with van der Waals surface area (Å²) in [5.41, 5.74) is 1.86. The Morgan fingerprint density at radius 3 is 1.96 bits per heavy atom. The van der Waals surface area contributed by atoms with Gasteiger partial charge in [-0.25, -0.2) is 0 Å². The number of aromatic nitrogens is 1. The van der Waals surface area contributed by atoms with Gasteiger partial charge in [0.25, 0.3) is 0 Å². The summed E-state index contributed by atoms with van der Waals surface area (Å²) in [6.45, 7) is 1.96. The molecule has 25 heavy (non-hydrogen) atoms. The molecule has 0 aliphatic heterocycles. The zero-order valence-corrected chi connectivity index (χ0v) is 14.9. The van der Waals surface area contributed by atoms with Gasteiger partial charge in [-0.2, -0.15) is 0 Å². The summed E-state index contributed by atoms with van der Waals surface area (Å²) >= 11 is 0. The van der Waals surface area contributed by atoms with Crippen LogP contribution in [0, 0.1) is 6.92 Å². The number of fused-ring (bicyclic) bond motifs is 1. The molecular formula is C19H21NO5. The van der Waals surface area contributed by atoms with Crippen LogP contribution in [0.5, 0.6) is 34.5 Å². The first kappa shape index (κ1) is 16.8. The van der Waals surface area contributed by atoms with Crippen molar-refractivity contribution in [1.82, 2.24) is 4.98 Å². The number of nitrogens with one attached hydrogen (secondary N) is 1. The molecule has 0 spiro atoms. The minimum atomic E-state index is 0.526. The maximum absolute atomic E-state index is 6.13. The number of methoxy groups -OCH3 is 4. The highest BCUT2D eigenvalue weighted by Gasteiger charge is 2.17. The van der Waals surface area contributed by atoms with Crippen LogP contribution in [0.25, 0.3) is 10.9 Å². The molecule has 132 valence electrons. The van der Waals surface area contributed by atoms with E-state index in [0.29, 0.717) is 23.0 Å². The van der Waals surface area contributed by atoms with E-state index in [4.69, 9.17) is 23.7 Å². The van der Waals surface area contributed by atoms with Crippen LogP contribution in [-0.4, -0.2) is 33.4 Å². The molecule has 0 amide bonds. The molecule has 0 atom stereocenters. The lowest BCUT2D eigenvalue weighted by atomic mass is 10.2. The summed E-state index contributed by atoms with van der Waals surface area (Å²) in [4.78, 5) is 3.31. The van der Waals surface area contributed by atoms with Crippen molar-refractivity contribution in [3.05, 3.63) is 36.0 Å². The minimum absolute atomic E-state index is 0.526. The SMILES string of the molecule is COc1ccc2c(Oc3cc(OC)c(OC)c(OC)c3)c(C)[nH]c2c1. The smallest absolute Gasteiger partial charge is 0.203 e. The van der Waals surface area contributed by atoms with E-state index in [1.165, 1.54) is 0 Å². The number of ether oxygens (including phenoxy) is 5. The summed E-state index contributed by atoms with van der Waals surface area (Å²) in [6, 6.07) is 9.33. The Bertz CT molecular complexity index is 875. The zero-order valence-electron chi connectivity index (χ0n) is 14.9. The van der Waals surface area contributed by atoms with Crippen molar-refractivity contribution in [3.8, 4) is 34.5 Å². The number of rotatable bonds is 6. The van der Waals surface area contributed by atoms with Gasteiger partial charge in [0.2, 0.25) is 5.75 Å². The first-order valence-corrected chi connectivity index (χ1v) is 7.75. The second-order valence-electron chi connectivity index (χ2n) is 5.45. The van der Waals surface area contributed by atoms with E-state index in [1.54, 1.807) is 40.6 Å². The third-order valence-electron chi connectivity index (χ3n) is 3.99. The third kappa shape index (κ3) is 3.03. The van der Waals surface area contributed by atoms with E-state index in [9.17, 15) is 0 Å². The van der Waals surface area contributed by atoms with E-state index in [2.05, 4.69) is 4.98 Å². The fourth-order valence-electron chi connectivity index (χ4n) is 2.78. The van der Waals surface area contributed by atoms with E-state index >= 15 is 0 Å². The predicted octanol–water partition coefficient (Wildman–Crippen LogP) is 4.30. The van der Waals surface area contributed by atoms with Gasteiger partial charge in [0.1, 0.15) is 11.5 Å². The van der Waals surface area contributed by atoms with Crippen molar-refractivity contribution in [2.24, 2.45) is 0 Å². The molecule has 0 bridgehead atoms. The fourth-order valence-corrected chi connectivity index (χ4v) is 2.78. The number of aryl methyl sites for hydroxylation is 1. The molecule has 1 aromatic heterocycles. The van der Waals surface area contributed by atoms with E-state index in [0.717, 1.165) is 28.1 Å². The summed E-state index contributed by atoms with van der Waals surface area (Å²) in [6.07, 6.45) is 0. The predicted molar refractivity (Wildman–Crippen MR) is 95.8 cm³/mol. The molecule has 0 saturated heterocycles. The fraction of sp³-hybridized carbons (Fsp3) is 0.263. The van der Waals surface area contributed by atoms with Crippen LogP contribution >= 0.6 is 0 Å². The van der Waals surface area contributed by atoms with Gasteiger partial charge in [0.05, 0.1) is 39.6 Å². The van der Waals surface area contributed by atoms with E-state index in [-0.39, 0.29) is 0 Å². The van der Waals surface area contributed by atoms with Crippen molar-refractivity contribution in [2.45, 2.75) is 6.92 Å². The summed E-state index contributed by atoms with van der Waals surface area (Å²) in [5.74, 6) is 3.72. The number of hydrogen-bond donors (Lipinski definition) is 1. The highest BCUT2D eigenvalue weighted by Crippen LogP contribution is 2.43. The van der Waals surface area contributed by atoms with Gasteiger partial charge in [-0.15, -0.1) is 0 Å². The second-order valence-corrected chi connectivity index (χ2v) is 5.45. The van der Waals surface area contributed by atoms with Crippen LogP contribution in [0.1, 0.15) is 5.69 Å². The highest BCUT2D eigenvalue weighted by atomic mass is 16.5. The molecule has 1 heterocycles. The van der Waals surface area contributed by atoms with Crippen molar-refractivity contribution >= 4 is 10.9 Å². The van der Waals surface area contributed by atoms with Crippen LogP contribution < -0.4 is 23.7 Å². The lowest BCUT2D eigenvalue weighted by molar-refractivity contribution is 0.321. The van der Waals surface area contributed by atoms with Gasteiger partial charge in [0, 0.05) is 23.6 Å². The minimum Gasteiger partial charge on any atom is -0.497 e. The van der Waals surface area contributed by atoms with Gasteiger partial charge < -0.3 is 28.7 Å². The van der Waals surface area contributed by atoms with Gasteiger partial charge >= 0.3 is 0 Å². The lowest BCUT2D eigenvalue weighted by Gasteiger charge is -2.14. The van der Waals surface area contributed by atoms with Crippen molar-refractivity contribution in [2.75, 3.05) is 28.4 Å². The van der Waals surface area contributed by atoms with Gasteiger partial charge in [0.15, 0.2) is 17.2 Å². The van der Waals surface area contributed by atoms with Gasteiger partial charge in [-0.05, 0) is 19.1 Å². The van der Waals surface area contributed by atoms with Crippen LogP contribution in [0.15, 0.2) is 30.3 Å². The molecule has 0 fully saturated rings. The quantitative estimate of drug-likeness (QED) is 0.723. The zero-order chi connectivity index (χ0) is 18.0. The molecule has 2 aromatic carbocycles. The van der Waals surface area contributed by atoms with Crippen molar-refractivity contribution in [1.29, 1.82) is 0 Å². The first-order chi connectivity index (χ1) is 12.1. The molecule has 0 aliphatic rings. The Labute approximate surface area is 146 Å². The molecule has 0 aliphatic carbocycles. The second kappa shape index (κ2) is 6.84. The molecule has 3 rings (SSSR count). The Morgan fingerprint density at radius 1 is 0.720 bits per heavy atom. The third-order valence-corrected chi connectivity index (χ3v) is 3.99. The average molecular weight is 343 g/mol. The molecule has 1 N–H and O–H groups in total. The van der Waals surface area contributed by atoms with Crippen LogP contribution in [0.4, 0.5) is 0 Å². The summed E-state index contributed by atoms with van der Waals surface area (Å²) in [7, 11) is 6.36. The van der Waals surface area contributed by atoms with Crippen LogP contribution in [0.2, 0.25) is 0 Å². The van der Waals surface area contributed by atoms with Gasteiger partial charge in [-0.1, -0.05) is 0 Å². The Hall–Kier alpha value is -3.02. The molecule has 6 heteroatoms. The van der Waals surface area contributed by atoms with E-state index < -0.39 is 0 Å². The maximum atomic E-state index is 6.13. The molecule has 6 nitrogen and oxygen atoms in total. The van der Waals surface area contributed by atoms with Crippen LogP contribution in [0.3, 0.4) is 0 Å². The molecule has 0 unspecified atom stereocenters. The largest absolute Gasteiger partial charge is 0.497 e. The maximum Gasteiger partial charge on any atom is 0.203 e. The Kier molecular flexibility index (Phi) is 4.61. The van der Waals surface area contributed by atoms with Crippen molar-refractivity contribution in [3.63, 3.8) is 0 Å². The standard InChI is InChI=1S/C19H21NO5/c1-11-18(14-7-6-12(21-2)8-15(14)20-11)25-13-9-16(22-3)19(24-5)17(10-13)23-4/h6-10,20H,1-5H3. The number of benzene rings is 2. The molecule has 0 saturated carbocycles. The number of H-pyrrole nitrogens is 1. The summed E-state index contributed by atoms with van der Waals surface area (Å²) in [5, 5.41) is 0.965. The number of aromatic amines is 1. The van der Waals surface area contributed by atoms with E-state index in [1.807, 2.05) is 25.1 Å². The molecule has 0 radical (unpaired) electrons. The van der Waals surface area contributed by atoms with Crippen LogP contribution in [-0.2, 0) is 0 Å². The monoisotopic (exact) mass is 343 g/mol. The summed E-state index contributed by atoms with van der Waals surface area (Å²) < 4.78 is 27.5. The van der Waals surface area contributed by atoms with Crippen molar-refractivity contribution < 1.29 is 23.7 Å². The average Bonchev–Trinajstić information content (AvgIpc) is 2.95. The number of hydrogen-bond acceptors (Lipinski definition) is 5. The molecule has 3 aromatic rings. The van der Waals surface area contributed by atoms with Gasteiger partial charge in [-0.3, -0.25) is 0 Å². The topological polar surface area (TPSA) is 61.9 Å². The molecular weight excluding hydrogens is 322 g/mol. The Morgan fingerprint density at radius 2 is 1.40 bits per heavy atom. The normalized spacial score (nSPS) is 10.6. The Balaban J connectivity index is 2.05. The lowest BCUT2D eigenvalue weighted by Crippen LogP contribution is -1.96.